The van der Waals surface area contributed by atoms with Gasteiger partial charge in [-0.1, -0.05) is 0 Å². The van der Waals surface area contributed by atoms with E-state index in [1.165, 1.54) is 6.07 Å². The standard InChI is InChI=1S/C10H12N2O6/c13-11(14)7-2-8(12(15)16)6(10-4-18-10)1-5(7)9-3-17-9/h1-2,9-13,15H,3-4H2. The van der Waals surface area contributed by atoms with Gasteiger partial charge in [0.1, 0.15) is 12.2 Å². The molecule has 1 aromatic carbocycles. The third-order valence-electron chi connectivity index (χ3n) is 3.04. The molecule has 4 N–H and O–H groups in total. The van der Waals surface area contributed by atoms with Gasteiger partial charge in [0.05, 0.1) is 19.3 Å². The summed E-state index contributed by atoms with van der Waals surface area (Å²) in [4.78, 5) is 0. The molecule has 1 aromatic rings. The summed E-state index contributed by atoms with van der Waals surface area (Å²) in [6.45, 7) is 0.940. The van der Waals surface area contributed by atoms with E-state index >= 15 is 0 Å². The Morgan fingerprint density at radius 3 is 1.61 bits per heavy atom. The van der Waals surface area contributed by atoms with Gasteiger partial charge in [-0.15, -0.1) is 0 Å². The van der Waals surface area contributed by atoms with E-state index in [-0.39, 0.29) is 23.6 Å². The summed E-state index contributed by atoms with van der Waals surface area (Å²) in [6.07, 6.45) is -0.479. The molecule has 2 fully saturated rings. The molecule has 3 rings (SSSR count). The molecular weight excluding hydrogens is 244 g/mol. The first-order valence-corrected chi connectivity index (χ1v) is 5.45. The van der Waals surface area contributed by atoms with Crippen LogP contribution in [0, 0.1) is 10.4 Å². The predicted molar refractivity (Wildman–Crippen MR) is 55.4 cm³/mol. The molecule has 0 amide bonds. The van der Waals surface area contributed by atoms with Gasteiger partial charge in [0.25, 0.3) is 0 Å². The van der Waals surface area contributed by atoms with Gasteiger partial charge in [0.15, 0.2) is 11.4 Å². The molecule has 2 saturated heterocycles. The molecule has 0 bridgehead atoms. The molecule has 2 aliphatic heterocycles. The quantitative estimate of drug-likeness (QED) is 0.390. The van der Waals surface area contributed by atoms with Crippen molar-refractivity contribution in [3.8, 4) is 0 Å². The third-order valence-corrected chi connectivity index (χ3v) is 3.04. The minimum Gasteiger partial charge on any atom is -0.595 e. The van der Waals surface area contributed by atoms with Crippen LogP contribution in [0.15, 0.2) is 12.1 Å². The molecule has 0 radical (unpaired) electrons. The first-order chi connectivity index (χ1) is 8.58. The van der Waals surface area contributed by atoms with Crippen molar-refractivity contribution < 1.29 is 30.3 Å². The summed E-state index contributed by atoms with van der Waals surface area (Å²) in [5, 5.41) is 38.2. The fourth-order valence-corrected chi connectivity index (χ4v) is 1.99. The molecule has 8 heteroatoms. The lowest BCUT2D eigenvalue weighted by Gasteiger charge is -2.20. The average molecular weight is 256 g/mol. The Morgan fingerprint density at radius 2 is 1.33 bits per heavy atom. The first-order valence-electron chi connectivity index (χ1n) is 5.45. The van der Waals surface area contributed by atoms with Crippen LogP contribution in [0.5, 0.6) is 0 Å². The summed E-state index contributed by atoms with van der Waals surface area (Å²) in [5.74, 6) is 0. The molecular formula is C10H12N2O6. The zero-order valence-corrected chi connectivity index (χ0v) is 9.25. The van der Waals surface area contributed by atoms with Crippen LogP contribution in [0.4, 0.5) is 11.4 Å². The van der Waals surface area contributed by atoms with Crippen LogP contribution in [0.3, 0.4) is 0 Å². The highest BCUT2D eigenvalue weighted by atomic mass is 16.8. The Bertz CT molecular complexity index is 403. The predicted octanol–water partition coefficient (Wildman–Crippen LogP) is -1.36. The van der Waals surface area contributed by atoms with E-state index in [4.69, 9.17) is 19.9 Å². The van der Waals surface area contributed by atoms with Gasteiger partial charge in [0.2, 0.25) is 0 Å². The van der Waals surface area contributed by atoms with E-state index in [0.29, 0.717) is 24.3 Å². The lowest BCUT2D eigenvalue weighted by Crippen LogP contribution is -3.01. The number of rotatable bonds is 4. The summed E-state index contributed by atoms with van der Waals surface area (Å²) in [7, 11) is 0. The normalized spacial score (nSPS) is 28.9. The minimum absolute atomic E-state index is 0.0145. The monoisotopic (exact) mass is 256 g/mol. The number of epoxide rings is 2. The Labute approximate surface area is 102 Å². The zero-order chi connectivity index (χ0) is 12.9. The first kappa shape index (κ1) is 12.0. The molecule has 4 atom stereocenters. The second-order valence-electron chi connectivity index (χ2n) is 4.28. The summed E-state index contributed by atoms with van der Waals surface area (Å²) in [5.41, 5.74) is 1.02. The summed E-state index contributed by atoms with van der Waals surface area (Å²) < 4.78 is 10.2. The van der Waals surface area contributed by atoms with Crippen molar-refractivity contribution in [2.45, 2.75) is 12.2 Å². The summed E-state index contributed by atoms with van der Waals surface area (Å²) in [6, 6.07) is 2.78. The van der Waals surface area contributed by atoms with E-state index in [1.807, 2.05) is 0 Å². The number of hydrogen-bond donors (Lipinski definition) is 4. The van der Waals surface area contributed by atoms with Gasteiger partial charge >= 0.3 is 0 Å². The highest BCUT2D eigenvalue weighted by Gasteiger charge is 2.37. The van der Waals surface area contributed by atoms with Gasteiger partial charge in [-0.2, -0.15) is 10.5 Å². The Hall–Kier alpha value is -1.10. The van der Waals surface area contributed by atoms with Crippen molar-refractivity contribution in [3.05, 3.63) is 33.7 Å². The Morgan fingerprint density at radius 1 is 0.944 bits per heavy atom. The number of quaternary nitrogens is 2. The number of ether oxygens (including phenoxy) is 2. The molecule has 0 saturated carbocycles. The molecule has 2 aliphatic rings. The SMILES string of the molecule is [O-][NH+](O)c1cc([NH+]([O-])O)c(C2CO2)cc1C1CO1. The van der Waals surface area contributed by atoms with Crippen molar-refractivity contribution in [1.82, 2.24) is 0 Å². The molecule has 0 aliphatic carbocycles. The van der Waals surface area contributed by atoms with E-state index < -0.39 is 10.5 Å². The average Bonchev–Trinajstić information content (AvgIpc) is 3.16. The van der Waals surface area contributed by atoms with Crippen LogP contribution in [-0.4, -0.2) is 23.6 Å². The fourth-order valence-electron chi connectivity index (χ4n) is 1.99. The molecule has 18 heavy (non-hydrogen) atoms. The molecule has 0 spiro atoms. The maximum Gasteiger partial charge on any atom is 0.175 e. The fraction of sp³-hybridized carbons (Fsp3) is 0.400. The molecule has 2 heterocycles. The van der Waals surface area contributed by atoms with Crippen LogP contribution < -0.4 is 10.5 Å². The van der Waals surface area contributed by atoms with Gasteiger partial charge < -0.3 is 19.9 Å². The minimum atomic E-state index is -1.15. The van der Waals surface area contributed by atoms with Gasteiger partial charge in [0, 0.05) is 11.1 Å². The largest absolute Gasteiger partial charge is 0.595 e. The van der Waals surface area contributed by atoms with Crippen molar-refractivity contribution in [1.29, 1.82) is 0 Å². The van der Waals surface area contributed by atoms with Gasteiger partial charge in [-0.05, 0) is 6.07 Å². The van der Waals surface area contributed by atoms with Crippen LogP contribution >= 0.6 is 0 Å². The summed E-state index contributed by atoms with van der Waals surface area (Å²) >= 11 is 0. The highest BCUT2D eigenvalue weighted by molar-refractivity contribution is 5.56. The molecule has 0 aromatic heterocycles. The lowest BCUT2D eigenvalue weighted by atomic mass is 10.0. The maximum absolute atomic E-state index is 11.1. The van der Waals surface area contributed by atoms with Crippen molar-refractivity contribution >= 4 is 11.4 Å². The number of benzene rings is 1. The second-order valence-corrected chi connectivity index (χ2v) is 4.28. The zero-order valence-electron chi connectivity index (χ0n) is 9.25. The molecule has 98 valence electrons. The van der Waals surface area contributed by atoms with Crippen LogP contribution in [-0.2, 0) is 9.47 Å². The topological polar surface area (TPSA) is 121 Å². The Kier molecular flexibility index (Phi) is 2.81. The van der Waals surface area contributed by atoms with Gasteiger partial charge in [-0.25, -0.2) is 10.4 Å². The van der Waals surface area contributed by atoms with Crippen LogP contribution in [0.2, 0.25) is 0 Å². The highest BCUT2D eigenvalue weighted by Crippen LogP contribution is 2.41. The Balaban J connectivity index is 2.10. The maximum atomic E-state index is 11.1. The third kappa shape index (κ3) is 2.11. The second kappa shape index (κ2) is 4.23. The number of hydrogen-bond acceptors (Lipinski definition) is 6. The van der Waals surface area contributed by atoms with Crippen molar-refractivity contribution in [2.75, 3.05) is 13.2 Å². The smallest absolute Gasteiger partial charge is 0.175 e. The molecule has 8 nitrogen and oxygen atoms in total. The van der Waals surface area contributed by atoms with E-state index in [9.17, 15) is 10.4 Å². The van der Waals surface area contributed by atoms with E-state index in [1.54, 1.807) is 6.07 Å². The van der Waals surface area contributed by atoms with Crippen LogP contribution in [0.25, 0.3) is 0 Å². The van der Waals surface area contributed by atoms with Crippen molar-refractivity contribution in [3.63, 3.8) is 0 Å². The van der Waals surface area contributed by atoms with E-state index in [2.05, 4.69) is 0 Å². The van der Waals surface area contributed by atoms with Crippen molar-refractivity contribution in [2.24, 2.45) is 0 Å². The van der Waals surface area contributed by atoms with Gasteiger partial charge in [-0.3, -0.25) is 0 Å². The lowest BCUT2D eigenvalue weighted by molar-refractivity contribution is -0.996. The van der Waals surface area contributed by atoms with Crippen LogP contribution in [0.1, 0.15) is 23.3 Å². The number of nitrogens with one attached hydrogen (secondary N) is 2. The van der Waals surface area contributed by atoms with E-state index in [0.717, 1.165) is 0 Å². The molecule has 4 unspecified atom stereocenters.